The van der Waals surface area contributed by atoms with Crippen molar-refractivity contribution >= 4 is 16.8 Å². The van der Waals surface area contributed by atoms with E-state index in [1.807, 2.05) is 0 Å². The van der Waals surface area contributed by atoms with Gasteiger partial charge in [-0.2, -0.15) is 0 Å². The van der Waals surface area contributed by atoms with E-state index in [1.54, 1.807) is 30.3 Å². The molecule has 0 aliphatic heterocycles. The van der Waals surface area contributed by atoms with Gasteiger partial charge in [0.25, 0.3) is 5.91 Å². The van der Waals surface area contributed by atoms with E-state index in [-0.39, 0.29) is 24.1 Å². The van der Waals surface area contributed by atoms with Crippen molar-refractivity contribution < 1.29 is 13.6 Å². The SMILES string of the molecule is O=C(NCc1ccccc1F)c1cc2ccc(F)cc2[nH]1. The highest BCUT2D eigenvalue weighted by Gasteiger charge is 2.10. The predicted octanol–water partition coefficient (Wildman–Crippen LogP) is 3.38. The molecule has 1 amide bonds. The van der Waals surface area contributed by atoms with Crippen molar-refractivity contribution in [3.05, 3.63) is 71.4 Å². The van der Waals surface area contributed by atoms with Gasteiger partial charge in [0.1, 0.15) is 17.3 Å². The van der Waals surface area contributed by atoms with Crippen LogP contribution in [0.15, 0.2) is 48.5 Å². The van der Waals surface area contributed by atoms with Crippen molar-refractivity contribution in [2.45, 2.75) is 6.54 Å². The summed E-state index contributed by atoms with van der Waals surface area (Å²) in [6, 6.07) is 12.1. The fourth-order valence-corrected chi connectivity index (χ4v) is 2.13. The first-order valence-corrected chi connectivity index (χ1v) is 6.43. The lowest BCUT2D eigenvalue weighted by Crippen LogP contribution is -2.23. The van der Waals surface area contributed by atoms with Gasteiger partial charge < -0.3 is 10.3 Å². The summed E-state index contributed by atoms with van der Waals surface area (Å²) in [5, 5.41) is 3.37. The first-order valence-electron chi connectivity index (χ1n) is 6.43. The molecule has 1 aromatic heterocycles. The number of halogens is 2. The molecular weight excluding hydrogens is 274 g/mol. The predicted molar refractivity (Wildman–Crippen MR) is 75.8 cm³/mol. The molecule has 5 heteroatoms. The van der Waals surface area contributed by atoms with Crippen molar-refractivity contribution in [3.8, 4) is 0 Å². The number of aromatic nitrogens is 1. The number of rotatable bonds is 3. The van der Waals surface area contributed by atoms with Gasteiger partial charge in [-0.25, -0.2) is 8.78 Å². The Balaban J connectivity index is 1.76. The van der Waals surface area contributed by atoms with Gasteiger partial charge in [-0.3, -0.25) is 4.79 Å². The van der Waals surface area contributed by atoms with Crippen LogP contribution >= 0.6 is 0 Å². The number of carbonyl (C=O) groups is 1. The summed E-state index contributed by atoms with van der Waals surface area (Å²) in [4.78, 5) is 14.9. The molecule has 3 rings (SSSR count). The fourth-order valence-electron chi connectivity index (χ4n) is 2.13. The Hall–Kier alpha value is -2.69. The molecule has 0 saturated carbocycles. The van der Waals surface area contributed by atoms with Crippen molar-refractivity contribution in [2.75, 3.05) is 0 Å². The first kappa shape index (κ1) is 13.3. The summed E-state index contributed by atoms with van der Waals surface area (Å²) in [5.74, 6) is -1.10. The molecule has 0 bridgehead atoms. The summed E-state index contributed by atoms with van der Waals surface area (Å²) >= 11 is 0. The van der Waals surface area contributed by atoms with Crippen LogP contribution in [-0.2, 0) is 6.54 Å². The van der Waals surface area contributed by atoms with E-state index < -0.39 is 0 Å². The number of aromatic amines is 1. The van der Waals surface area contributed by atoms with Gasteiger partial charge in [-0.15, -0.1) is 0 Å². The maximum Gasteiger partial charge on any atom is 0.267 e. The zero-order chi connectivity index (χ0) is 14.8. The molecule has 3 nitrogen and oxygen atoms in total. The molecular formula is C16H12F2N2O. The highest BCUT2D eigenvalue weighted by Crippen LogP contribution is 2.16. The lowest BCUT2D eigenvalue weighted by molar-refractivity contribution is 0.0946. The summed E-state index contributed by atoms with van der Waals surface area (Å²) in [6.07, 6.45) is 0. The fraction of sp³-hybridized carbons (Fsp3) is 0.0625. The Bertz CT molecular complexity index is 811. The third-order valence-corrected chi connectivity index (χ3v) is 3.23. The Morgan fingerprint density at radius 2 is 1.90 bits per heavy atom. The maximum absolute atomic E-state index is 13.5. The number of carbonyl (C=O) groups excluding carboxylic acids is 1. The number of nitrogens with one attached hydrogen (secondary N) is 2. The van der Waals surface area contributed by atoms with Crippen LogP contribution in [0.3, 0.4) is 0 Å². The average Bonchev–Trinajstić information content (AvgIpc) is 2.89. The highest BCUT2D eigenvalue weighted by atomic mass is 19.1. The average molecular weight is 286 g/mol. The molecule has 106 valence electrons. The van der Waals surface area contributed by atoms with Crippen molar-refractivity contribution in [3.63, 3.8) is 0 Å². The smallest absolute Gasteiger partial charge is 0.267 e. The molecule has 0 atom stereocenters. The van der Waals surface area contributed by atoms with E-state index >= 15 is 0 Å². The van der Waals surface area contributed by atoms with Gasteiger partial charge in [0, 0.05) is 23.0 Å². The summed E-state index contributed by atoms with van der Waals surface area (Å²) in [6.45, 7) is 0.0925. The van der Waals surface area contributed by atoms with E-state index in [1.165, 1.54) is 18.2 Å². The zero-order valence-corrected chi connectivity index (χ0v) is 11.0. The topological polar surface area (TPSA) is 44.9 Å². The molecule has 3 aromatic rings. The Morgan fingerprint density at radius 3 is 2.71 bits per heavy atom. The molecule has 0 radical (unpaired) electrons. The Morgan fingerprint density at radius 1 is 1.10 bits per heavy atom. The van der Waals surface area contributed by atoms with Gasteiger partial charge in [0.15, 0.2) is 0 Å². The van der Waals surface area contributed by atoms with Gasteiger partial charge in [-0.1, -0.05) is 18.2 Å². The molecule has 2 N–H and O–H groups in total. The quantitative estimate of drug-likeness (QED) is 0.761. The van der Waals surface area contributed by atoms with Gasteiger partial charge in [0.2, 0.25) is 0 Å². The minimum absolute atomic E-state index is 0.0925. The summed E-state index contributed by atoms with van der Waals surface area (Å²) in [7, 11) is 0. The monoisotopic (exact) mass is 286 g/mol. The summed E-state index contributed by atoms with van der Waals surface area (Å²) < 4.78 is 26.6. The van der Waals surface area contributed by atoms with Crippen molar-refractivity contribution in [1.82, 2.24) is 10.3 Å². The van der Waals surface area contributed by atoms with Crippen molar-refractivity contribution in [2.24, 2.45) is 0 Å². The van der Waals surface area contributed by atoms with E-state index in [0.29, 0.717) is 16.8 Å². The zero-order valence-electron chi connectivity index (χ0n) is 11.0. The number of fused-ring (bicyclic) bond motifs is 1. The number of benzene rings is 2. The summed E-state index contributed by atoms with van der Waals surface area (Å²) in [5.41, 5.74) is 1.27. The minimum atomic E-state index is -0.373. The molecule has 2 aromatic carbocycles. The third kappa shape index (κ3) is 2.76. The maximum atomic E-state index is 13.5. The molecule has 0 aliphatic rings. The molecule has 0 spiro atoms. The first-order chi connectivity index (χ1) is 10.1. The molecule has 0 fully saturated rings. The normalized spacial score (nSPS) is 10.8. The molecule has 1 heterocycles. The molecule has 21 heavy (non-hydrogen) atoms. The van der Waals surface area contributed by atoms with Crippen molar-refractivity contribution in [1.29, 1.82) is 0 Å². The van der Waals surface area contributed by atoms with E-state index in [4.69, 9.17) is 0 Å². The van der Waals surface area contributed by atoms with Gasteiger partial charge in [0.05, 0.1) is 0 Å². The molecule has 0 saturated heterocycles. The molecule has 0 aliphatic carbocycles. The highest BCUT2D eigenvalue weighted by molar-refractivity contribution is 5.97. The second-order valence-electron chi connectivity index (χ2n) is 4.69. The number of hydrogen-bond acceptors (Lipinski definition) is 1. The number of H-pyrrole nitrogens is 1. The Kier molecular flexibility index (Phi) is 3.39. The number of amides is 1. The van der Waals surface area contributed by atoms with E-state index in [0.717, 1.165) is 5.39 Å². The van der Waals surface area contributed by atoms with Crippen LogP contribution in [0, 0.1) is 11.6 Å². The second-order valence-corrected chi connectivity index (χ2v) is 4.69. The number of hydrogen-bond donors (Lipinski definition) is 2. The van der Waals surface area contributed by atoms with Crippen LogP contribution in [0.25, 0.3) is 10.9 Å². The largest absolute Gasteiger partial charge is 0.350 e. The van der Waals surface area contributed by atoms with E-state index in [2.05, 4.69) is 10.3 Å². The minimum Gasteiger partial charge on any atom is -0.350 e. The lowest BCUT2D eigenvalue weighted by atomic mass is 10.2. The van der Waals surface area contributed by atoms with E-state index in [9.17, 15) is 13.6 Å². The van der Waals surface area contributed by atoms with Gasteiger partial charge in [-0.05, 0) is 30.3 Å². The second kappa shape index (κ2) is 5.36. The standard InChI is InChI=1S/C16H12F2N2O/c17-12-6-5-10-7-15(20-14(10)8-12)16(21)19-9-11-3-1-2-4-13(11)18/h1-8,20H,9H2,(H,19,21). The van der Waals surface area contributed by atoms with Crippen LogP contribution in [0.5, 0.6) is 0 Å². The van der Waals surface area contributed by atoms with Crippen LogP contribution in [-0.4, -0.2) is 10.9 Å². The van der Waals surface area contributed by atoms with Gasteiger partial charge >= 0.3 is 0 Å². The molecule has 0 unspecified atom stereocenters. The van der Waals surface area contributed by atoms with Crippen LogP contribution < -0.4 is 5.32 Å². The lowest BCUT2D eigenvalue weighted by Gasteiger charge is -2.04. The third-order valence-electron chi connectivity index (χ3n) is 3.23. The van der Waals surface area contributed by atoms with Crippen LogP contribution in [0.1, 0.15) is 16.1 Å². The van der Waals surface area contributed by atoms with Crippen LogP contribution in [0.4, 0.5) is 8.78 Å². The Labute approximate surface area is 119 Å². The van der Waals surface area contributed by atoms with Crippen LogP contribution in [0.2, 0.25) is 0 Å².